The van der Waals surface area contributed by atoms with Crippen LogP contribution in [0.4, 0.5) is 19.0 Å². The fraction of sp³-hybridized carbons (Fsp3) is 0.441. The topological polar surface area (TPSA) is 95.9 Å². The van der Waals surface area contributed by atoms with Crippen LogP contribution in [-0.2, 0) is 0 Å². The number of ether oxygens (including phenoxy) is 2. The average molecular weight is 633 g/mol. The van der Waals surface area contributed by atoms with Gasteiger partial charge in [0.05, 0.1) is 11.6 Å². The summed E-state index contributed by atoms with van der Waals surface area (Å²) >= 11 is 0. The van der Waals surface area contributed by atoms with Crippen molar-refractivity contribution in [3.05, 3.63) is 48.0 Å². The quantitative estimate of drug-likeness (QED) is 0.291. The van der Waals surface area contributed by atoms with Crippen molar-refractivity contribution >= 4 is 33.6 Å². The molecule has 240 valence electrons. The van der Waals surface area contributed by atoms with Gasteiger partial charge in [0.15, 0.2) is 5.82 Å². The monoisotopic (exact) mass is 632 g/mol. The molecule has 2 aromatic heterocycles. The van der Waals surface area contributed by atoms with Crippen LogP contribution in [0.25, 0.3) is 39.0 Å². The van der Waals surface area contributed by atoms with Gasteiger partial charge in [0.2, 0.25) is 5.88 Å². The van der Waals surface area contributed by atoms with E-state index in [-0.39, 0.29) is 65.3 Å². The van der Waals surface area contributed by atoms with Crippen molar-refractivity contribution in [3.8, 4) is 28.9 Å². The predicted octanol–water partition coefficient (Wildman–Crippen LogP) is 5.38. The number of phenolic OH excluding ortho intramolecular Hbond substituents is 1. The number of phenols is 1. The Morgan fingerprint density at radius 1 is 1.20 bits per heavy atom. The first kappa shape index (κ1) is 29.3. The maximum atomic E-state index is 17.0. The third-order valence-electron chi connectivity index (χ3n) is 10.2. The highest BCUT2D eigenvalue weighted by atomic mass is 19.1. The summed E-state index contributed by atoms with van der Waals surface area (Å²) in [4.78, 5) is 18.4. The zero-order chi connectivity index (χ0) is 31.7. The lowest BCUT2D eigenvalue weighted by atomic mass is 9.95. The lowest BCUT2D eigenvalue weighted by Crippen LogP contribution is -2.60. The van der Waals surface area contributed by atoms with E-state index in [1.165, 1.54) is 30.3 Å². The first-order valence-corrected chi connectivity index (χ1v) is 15.9. The lowest BCUT2D eigenvalue weighted by Gasteiger charge is -2.41. The zero-order valence-corrected chi connectivity index (χ0v) is 25.5. The van der Waals surface area contributed by atoms with Crippen LogP contribution in [0.3, 0.4) is 0 Å². The van der Waals surface area contributed by atoms with Crippen molar-refractivity contribution in [3.63, 3.8) is 0 Å². The molecule has 0 saturated carbocycles. The smallest absolute Gasteiger partial charge is 0.319 e. The highest BCUT2D eigenvalue weighted by molar-refractivity contribution is 6.05. The molecule has 0 aliphatic carbocycles. The van der Waals surface area contributed by atoms with E-state index in [1.807, 2.05) is 0 Å². The number of hydrogen-bond acceptors (Lipinski definition) is 9. The highest BCUT2D eigenvalue weighted by Crippen LogP contribution is 2.45. The average Bonchev–Trinajstić information content (AvgIpc) is 3.52. The molecule has 4 atom stereocenters. The molecule has 2 aromatic carbocycles. The number of nitrogens with one attached hydrogen (secondary N) is 1. The Morgan fingerprint density at radius 3 is 2.89 bits per heavy atom. The van der Waals surface area contributed by atoms with Gasteiger partial charge in [-0.3, -0.25) is 4.90 Å². The SMILES string of the molecule is C=Cc1c(F)ccc2cc(O)cc(-c3nc4c5c(nc(OC[C@@]67CCCN6C[C@H](F)C7)nc5c3F)N3CCN[C@@H](CC)[C@H]3CO4)c12. The van der Waals surface area contributed by atoms with Gasteiger partial charge >= 0.3 is 6.01 Å². The van der Waals surface area contributed by atoms with Gasteiger partial charge in [0.25, 0.3) is 0 Å². The number of fused-ring (bicyclic) bond motifs is 4. The molecule has 4 aromatic rings. The summed E-state index contributed by atoms with van der Waals surface area (Å²) in [5.41, 5.74) is -0.337. The molecule has 4 aliphatic rings. The van der Waals surface area contributed by atoms with Crippen molar-refractivity contribution in [1.29, 1.82) is 0 Å². The van der Waals surface area contributed by atoms with Crippen LogP contribution in [0.2, 0.25) is 0 Å². The summed E-state index contributed by atoms with van der Waals surface area (Å²) in [5.74, 6) is -0.857. The van der Waals surface area contributed by atoms with Crippen LogP contribution in [0, 0.1) is 11.6 Å². The van der Waals surface area contributed by atoms with E-state index in [9.17, 15) is 9.50 Å². The van der Waals surface area contributed by atoms with Gasteiger partial charge in [-0.25, -0.2) is 18.2 Å². The minimum absolute atomic E-state index is 0.0149. The molecular weight excluding hydrogens is 597 g/mol. The molecule has 8 rings (SSSR count). The molecule has 9 nitrogen and oxygen atoms in total. The first-order chi connectivity index (χ1) is 22.3. The molecule has 0 amide bonds. The molecule has 4 aliphatic heterocycles. The second-order valence-corrected chi connectivity index (χ2v) is 12.8. The van der Waals surface area contributed by atoms with E-state index >= 15 is 8.78 Å². The fourth-order valence-electron chi connectivity index (χ4n) is 8.08. The van der Waals surface area contributed by atoms with Crippen LogP contribution < -0.4 is 19.7 Å². The van der Waals surface area contributed by atoms with Crippen LogP contribution in [0.5, 0.6) is 17.6 Å². The van der Waals surface area contributed by atoms with Gasteiger partial charge in [-0.15, -0.1) is 0 Å². The number of alkyl halides is 1. The number of aromatic nitrogens is 3. The molecule has 3 saturated heterocycles. The van der Waals surface area contributed by atoms with E-state index in [0.717, 1.165) is 25.8 Å². The van der Waals surface area contributed by atoms with Gasteiger partial charge < -0.3 is 24.8 Å². The minimum Gasteiger partial charge on any atom is -0.508 e. The Bertz CT molecular complexity index is 1890. The van der Waals surface area contributed by atoms with E-state index in [0.29, 0.717) is 48.0 Å². The fourth-order valence-corrected chi connectivity index (χ4v) is 8.08. The number of halogens is 3. The normalized spacial score (nSPS) is 25.7. The van der Waals surface area contributed by atoms with Crippen molar-refractivity contribution in [2.75, 3.05) is 44.3 Å². The van der Waals surface area contributed by atoms with Crippen molar-refractivity contribution < 1.29 is 27.8 Å². The number of nitrogens with zero attached hydrogens (tertiary/aromatic N) is 5. The van der Waals surface area contributed by atoms with Crippen molar-refractivity contribution in [1.82, 2.24) is 25.2 Å². The number of anilines is 1. The Hall–Kier alpha value is -4.16. The van der Waals surface area contributed by atoms with Gasteiger partial charge in [0.1, 0.15) is 53.4 Å². The van der Waals surface area contributed by atoms with Gasteiger partial charge in [-0.1, -0.05) is 25.6 Å². The lowest BCUT2D eigenvalue weighted by molar-refractivity contribution is 0.107. The number of rotatable bonds is 6. The summed E-state index contributed by atoms with van der Waals surface area (Å²) in [7, 11) is 0. The Morgan fingerprint density at radius 2 is 2.07 bits per heavy atom. The Labute approximate surface area is 264 Å². The maximum Gasteiger partial charge on any atom is 0.319 e. The van der Waals surface area contributed by atoms with E-state index in [1.54, 1.807) is 0 Å². The summed E-state index contributed by atoms with van der Waals surface area (Å²) < 4.78 is 59.1. The number of aromatic hydroxyl groups is 1. The molecule has 0 radical (unpaired) electrons. The largest absolute Gasteiger partial charge is 0.508 e. The van der Waals surface area contributed by atoms with Gasteiger partial charge in [0, 0.05) is 48.6 Å². The molecule has 0 unspecified atom stereocenters. The molecule has 46 heavy (non-hydrogen) atoms. The first-order valence-electron chi connectivity index (χ1n) is 15.9. The summed E-state index contributed by atoms with van der Waals surface area (Å²) in [6, 6.07) is 5.58. The van der Waals surface area contributed by atoms with Crippen LogP contribution in [-0.4, -0.2) is 88.1 Å². The predicted molar refractivity (Wildman–Crippen MR) is 169 cm³/mol. The van der Waals surface area contributed by atoms with Crippen molar-refractivity contribution in [2.24, 2.45) is 0 Å². The molecule has 2 N–H and O–H groups in total. The molecule has 0 bridgehead atoms. The molecule has 12 heteroatoms. The number of benzene rings is 2. The second-order valence-electron chi connectivity index (χ2n) is 12.8. The van der Waals surface area contributed by atoms with Crippen LogP contribution in [0.1, 0.15) is 38.2 Å². The van der Waals surface area contributed by atoms with Crippen LogP contribution in [0.15, 0.2) is 30.8 Å². The standard InChI is InChI=1S/C34H35F3N6O3/c1-3-21-23(36)7-6-18-12-20(44)13-22(26(18)21)29-28(37)30-27-31(43-11-9-38-24(4-2)25(43)16-45-32(27)39-29)41-33(40-30)46-17-34-8-5-10-42(34)15-19(35)14-34/h3,6-7,12-13,19,24-25,38,44H,1,4-5,8-11,14-17H2,2H3/t19-,24+,25-,34+/m1/s1. The third kappa shape index (κ3) is 4.48. The van der Waals surface area contributed by atoms with E-state index in [2.05, 4.69) is 38.6 Å². The molecule has 6 heterocycles. The maximum absolute atomic E-state index is 17.0. The van der Waals surface area contributed by atoms with E-state index in [4.69, 9.17) is 14.5 Å². The number of hydrogen-bond donors (Lipinski definition) is 2. The molecule has 3 fully saturated rings. The van der Waals surface area contributed by atoms with Gasteiger partial charge in [-0.05, 0) is 49.4 Å². The molecule has 0 spiro atoms. The van der Waals surface area contributed by atoms with Crippen molar-refractivity contribution in [2.45, 2.75) is 56.4 Å². The Kier molecular flexibility index (Phi) is 6.98. The minimum atomic E-state index is -0.924. The van der Waals surface area contributed by atoms with Gasteiger partial charge in [-0.2, -0.15) is 9.97 Å². The third-order valence-corrected chi connectivity index (χ3v) is 10.2. The van der Waals surface area contributed by atoms with Crippen LogP contribution >= 0.6 is 0 Å². The number of pyridine rings is 1. The van der Waals surface area contributed by atoms with E-state index < -0.39 is 23.3 Å². The molecular formula is C34H35F3N6O3. The summed E-state index contributed by atoms with van der Waals surface area (Å²) in [6.45, 7) is 8.78. The highest BCUT2D eigenvalue weighted by Gasteiger charge is 2.49. The second kappa shape index (κ2) is 11.0. The summed E-state index contributed by atoms with van der Waals surface area (Å²) in [5, 5.41) is 15.4. The summed E-state index contributed by atoms with van der Waals surface area (Å²) in [6.07, 6.45) is 3.40. The number of piperazine rings is 1. The zero-order valence-electron chi connectivity index (χ0n) is 25.5. The Balaban J connectivity index is 1.33.